The molecular formula is C32H24N2S. The van der Waals surface area contributed by atoms with Crippen LogP contribution in [-0.2, 0) is 6.42 Å². The lowest BCUT2D eigenvalue weighted by atomic mass is 9.84. The molecule has 168 valence electrons. The van der Waals surface area contributed by atoms with Crippen LogP contribution in [0.2, 0.25) is 0 Å². The van der Waals surface area contributed by atoms with Crippen molar-refractivity contribution in [3.8, 4) is 11.1 Å². The van der Waals surface area contributed by atoms with Crippen molar-refractivity contribution in [3.05, 3.63) is 101 Å². The highest BCUT2D eigenvalue weighted by Gasteiger charge is 2.20. The number of fused-ring (bicyclic) bond motifs is 5. The quantitative estimate of drug-likeness (QED) is 0.248. The maximum Gasteiger partial charge on any atom is 0.0434 e. The van der Waals surface area contributed by atoms with Gasteiger partial charge >= 0.3 is 0 Å². The number of thioether (sulfide) groups is 1. The van der Waals surface area contributed by atoms with E-state index in [1.54, 1.807) is 0 Å². The molecule has 0 N–H and O–H groups in total. The second-order valence-electron chi connectivity index (χ2n) is 9.19. The van der Waals surface area contributed by atoms with Gasteiger partial charge < -0.3 is 0 Å². The zero-order valence-electron chi connectivity index (χ0n) is 19.4. The van der Waals surface area contributed by atoms with E-state index in [9.17, 15) is 0 Å². The fraction of sp³-hybridized carbons (Fsp3) is 0.125. The number of nitrogens with zero attached hydrogens (tertiary/aromatic N) is 2. The first-order chi connectivity index (χ1) is 17.4. The van der Waals surface area contributed by atoms with Crippen LogP contribution >= 0.6 is 11.8 Å². The van der Waals surface area contributed by atoms with E-state index in [4.69, 9.17) is 0 Å². The predicted molar refractivity (Wildman–Crippen MR) is 151 cm³/mol. The van der Waals surface area contributed by atoms with E-state index in [2.05, 4.69) is 95.1 Å². The highest BCUT2D eigenvalue weighted by Crippen LogP contribution is 2.47. The van der Waals surface area contributed by atoms with Gasteiger partial charge in [0, 0.05) is 35.4 Å². The van der Waals surface area contributed by atoms with Gasteiger partial charge in [-0.05, 0) is 91.6 Å². The van der Waals surface area contributed by atoms with Crippen LogP contribution in [0, 0.1) is 0 Å². The average Bonchev–Trinajstić information content (AvgIpc) is 2.93. The van der Waals surface area contributed by atoms with E-state index in [0.717, 1.165) is 25.8 Å². The standard InChI is InChI=1S/C32H24N2S/c1-2-8-23-21(7-1)19-29(25-10-4-3-9-24(23)25)31-26-11-5-6-12-27(26)32(28-15-18-34-20-30(28)31)35-22-13-16-33-17-14-22/h2-6,8-13,15-16,18-20H,1,7,14,17H2. The van der Waals surface area contributed by atoms with E-state index in [1.807, 2.05) is 24.2 Å². The predicted octanol–water partition coefficient (Wildman–Crippen LogP) is 8.62. The maximum atomic E-state index is 4.61. The van der Waals surface area contributed by atoms with Gasteiger partial charge in [0.15, 0.2) is 0 Å². The Balaban J connectivity index is 1.60. The topological polar surface area (TPSA) is 25.2 Å². The molecule has 0 saturated heterocycles. The van der Waals surface area contributed by atoms with Crippen molar-refractivity contribution >= 4 is 56.4 Å². The number of aryl methyl sites for hydroxylation is 1. The average molecular weight is 469 g/mol. The number of dihydropyridines is 1. The van der Waals surface area contributed by atoms with Gasteiger partial charge in [0.2, 0.25) is 0 Å². The molecule has 1 aliphatic carbocycles. The van der Waals surface area contributed by atoms with Crippen LogP contribution in [0.4, 0.5) is 0 Å². The number of hydrogen-bond donors (Lipinski definition) is 0. The Bertz CT molecular complexity index is 1670. The molecule has 35 heavy (non-hydrogen) atoms. The van der Waals surface area contributed by atoms with E-state index in [1.165, 1.54) is 64.4 Å². The number of pyridine rings is 1. The molecule has 5 aromatic rings. The molecule has 2 nitrogen and oxygen atoms in total. The Kier molecular flexibility index (Phi) is 5.03. The van der Waals surface area contributed by atoms with Crippen molar-refractivity contribution in [2.45, 2.75) is 24.2 Å². The van der Waals surface area contributed by atoms with Gasteiger partial charge in [0.1, 0.15) is 0 Å². The maximum absolute atomic E-state index is 4.61. The molecule has 0 spiro atoms. The van der Waals surface area contributed by atoms with Crippen LogP contribution in [0.5, 0.6) is 0 Å². The molecule has 2 heterocycles. The Hall–Kier alpha value is -3.69. The largest absolute Gasteiger partial charge is 0.293 e. The zero-order valence-corrected chi connectivity index (χ0v) is 20.2. The summed E-state index contributed by atoms with van der Waals surface area (Å²) in [5, 5.41) is 7.72. The van der Waals surface area contributed by atoms with Crippen molar-refractivity contribution in [1.82, 2.24) is 4.98 Å². The molecule has 0 atom stereocenters. The van der Waals surface area contributed by atoms with Gasteiger partial charge in [-0.3, -0.25) is 9.98 Å². The normalized spacial score (nSPS) is 15.0. The zero-order chi connectivity index (χ0) is 23.2. The van der Waals surface area contributed by atoms with Gasteiger partial charge in [-0.2, -0.15) is 0 Å². The molecule has 0 radical (unpaired) electrons. The Morgan fingerprint density at radius 3 is 2.43 bits per heavy atom. The number of allylic oxidation sites excluding steroid dienone is 2. The molecule has 2 aliphatic rings. The summed E-state index contributed by atoms with van der Waals surface area (Å²) in [5.41, 5.74) is 5.41. The third-order valence-electron chi connectivity index (χ3n) is 7.17. The minimum Gasteiger partial charge on any atom is -0.293 e. The van der Waals surface area contributed by atoms with E-state index < -0.39 is 0 Å². The Labute approximate surface area is 209 Å². The summed E-state index contributed by atoms with van der Waals surface area (Å²) in [5.74, 6) is 0. The first kappa shape index (κ1) is 20.7. The molecule has 7 rings (SSSR count). The molecule has 0 fully saturated rings. The van der Waals surface area contributed by atoms with E-state index in [-0.39, 0.29) is 0 Å². The summed E-state index contributed by atoms with van der Waals surface area (Å²) in [4.78, 5) is 11.7. The minimum atomic E-state index is 0.865. The summed E-state index contributed by atoms with van der Waals surface area (Å²) in [6.45, 7) is 0.865. The Morgan fingerprint density at radius 2 is 1.57 bits per heavy atom. The lowest BCUT2D eigenvalue weighted by Crippen LogP contribution is -1.98. The summed E-state index contributed by atoms with van der Waals surface area (Å²) in [7, 11) is 0. The number of benzene rings is 4. The van der Waals surface area contributed by atoms with Crippen LogP contribution in [0.15, 0.2) is 100 Å². The smallest absolute Gasteiger partial charge is 0.0434 e. The number of aliphatic imine (C=N–C) groups is 1. The minimum absolute atomic E-state index is 0.865. The van der Waals surface area contributed by atoms with Crippen LogP contribution in [0.25, 0.3) is 49.5 Å². The Morgan fingerprint density at radius 1 is 0.771 bits per heavy atom. The molecule has 0 amide bonds. The first-order valence-electron chi connectivity index (χ1n) is 12.3. The van der Waals surface area contributed by atoms with Crippen molar-refractivity contribution in [2.75, 3.05) is 6.54 Å². The van der Waals surface area contributed by atoms with Gasteiger partial charge in [0.25, 0.3) is 0 Å². The van der Waals surface area contributed by atoms with E-state index >= 15 is 0 Å². The van der Waals surface area contributed by atoms with Crippen molar-refractivity contribution < 1.29 is 0 Å². The van der Waals surface area contributed by atoms with Crippen LogP contribution in [-0.4, -0.2) is 17.7 Å². The molecule has 1 aliphatic heterocycles. The van der Waals surface area contributed by atoms with Crippen LogP contribution in [0.3, 0.4) is 0 Å². The summed E-state index contributed by atoms with van der Waals surface area (Å²) >= 11 is 1.89. The van der Waals surface area contributed by atoms with Gasteiger partial charge in [-0.25, -0.2) is 0 Å². The van der Waals surface area contributed by atoms with Gasteiger partial charge in [-0.15, -0.1) is 0 Å². The molecule has 1 aromatic heterocycles. The third kappa shape index (κ3) is 3.42. The van der Waals surface area contributed by atoms with Crippen LogP contribution in [0.1, 0.15) is 24.0 Å². The number of rotatable bonds is 3. The first-order valence-corrected chi connectivity index (χ1v) is 13.1. The van der Waals surface area contributed by atoms with Crippen molar-refractivity contribution in [1.29, 1.82) is 0 Å². The summed E-state index contributed by atoms with van der Waals surface area (Å²) in [6, 6.07) is 22.4. The third-order valence-corrected chi connectivity index (χ3v) is 8.41. The monoisotopic (exact) mass is 468 g/mol. The lowest BCUT2D eigenvalue weighted by molar-refractivity contribution is 0.989. The summed E-state index contributed by atoms with van der Waals surface area (Å²) < 4.78 is 0. The molecular weight excluding hydrogens is 444 g/mol. The highest BCUT2D eigenvalue weighted by atomic mass is 32.2. The van der Waals surface area contributed by atoms with Gasteiger partial charge in [0.05, 0.1) is 0 Å². The second-order valence-corrected chi connectivity index (χ2v) is 10.3. The highest BCUT2D eigenvalue weighted by molar-refractivity contribution is 8.03. The van der Waals surface area contributed by atoms with E-state index in [0.29, 0.717) is 0 Å². The number of aromatic nitrogens is 1. The fourth-order valence-corrected chi connectivity index (χ4v) is 6.73. The summed E-state index contributed by atoms with van der Waals surface area (Å²) in [6.07, 6.45) is 15.9. The van der Waals surface area contributed by atoms with Crippen molar-refractivity contribution in [2.24, 2.45) is 4.99 Å². The lowest BCUT2D eigenvalue weighted by Gasteiger charge is -2.21. The molecule has 3 heteroatoms. The molecule has 0 unspecified atom stereocenters. The number of hydrogen-bond acceptors (Lipinski definition) is 3. The van der Waals surface area contributed by atoms with Crippen LogP contribution < -0.4 is 0 Å². The fourth-order valence-electron chi connectivity index (χ4n) is 5.57. The molecule has 0 saturated carbocycles. The van der Waals surface area contributed by atoms with Gasteiger partial charge in [-0.1, -0.05) is 72.4 Å². The SMILES string of the molecule is C1=Cc2c(cc(-c3c4ccccc4c(SC4=CC=NCC4)c4ccncc34)c3ccccc23)CC1. The second kappa shape index (κ2) is 8.51. The van der Waals surface area contributed by atoms with Crippen molar-refractivity contribution in [3.63, 3.8) is 0 Å². The molecule has 4 aromatic carbocycles. The molecule has 0 bridgehead atoms.